The van der Waals surface area contributed by atoms with Crippen molar-refractivity contribution in [2.45, 2.75) is 45.7 Å². The number of nitrogens with zero attached hydrogens (tertiary/aromatic N) is 1. The number of rotatable bonds is 4. The molecule has 98 valence electrons. The highest BCUT2D eigenvalue weighted by Gasteiger charge is 2.36. The van der Waals surface area contributed by atoms with Gasteiger partial charge in [0.05, 0.1) is 6.04 Å². The molecule has 2 amide bonds. The second kappa shape index (κ2) is 6.00. The van der Waals surface area contributed by atoms with Crippen LogP contribution in [0.25, 0.3) is 0 Å². The van der Waals surface area contributed by atoms with E-state index in [1.165, 1.54) is 0 Å². The van der Waals surface area contributed by atoms with Crippen molar-refractivity contribution in [2.24, 2.45) is 11.7 Å². The molecule has 1 fully saturated rings. The second-order valence-electron chi connectivity index (χ2n) is 4.85. The van der Waals surface area contributed by atoms with E-state index in [-0.39, 0.29) is 23.8 Å². The van der Waals surface area contributed by atoms with Gasteiger partial charge in [-0.05, 0) is 25.7 Å². The van der Waals surface area contributed by atoms with Gasteiger partial charge in [0, 0.05) is 13.1 Å². The minimum atomic E-state index is -0.509. The fourth-order valence-electron chi connectivity index (χ4n) is 2.07. The van der Waals surface area contributed by atoms with Crippen LogP contribution in [0.15, 0.2) is 0 Å². The van der Waals surface area contributed by atoms with Crippen molar-refractivity contribution in [1.82, 2.24) is 10.2 Å². The molecule has 5 heteroatoms. The van der Waals surface area contributed by atoms with Crippen LogP contribution in [-0.4, -0.2) is 41.9 Å². The van der Waals surface area contributed by atoms with Crippen LogP contribution in [0.4, 0.5) is 0 Å². The molecule has 0 aromatic heterocycles. The predicted molar refractivity (Wildman–Crippen MR) is 66.2 cm³/mol. The third kappa shape index (κ3) is 3.19. The molecule has 5 nitrogen and oxygen atoms in total. The Kier molecular flexibility index (Phi) is 4.93. The number of hydrogen-bond acceptors (Lipinski definition) is 3. The number of likely N-dealkylation sites (tertiary alicyclic amines) is 1. The Morgan fingerprint density at radius 3 is 2.65 bits per heavy atom. The minimum absolute atomic E-state index is 0.0608. The first-order chi connectivity index (χ1) is 7.99. The number of carbonyl (C=O) groups is 2. The van der Waals surface area contributed by atoms with E-state index >= 15 is 0 Å². The van der Waals surface area contributed by atoms with Crippen molar-refractivity contribution < 1.29 is 9.59 Å². The zero-order chi connectivity index (χ0) is 13.0. The molecule has 0 saturated carbocycles. The third-order valence-electron chi connectivity index (χ3n) is 3.19. The van der Waals surface area contributed by atoms with Crippen LogP contribution < -0.4 is 11.1 Å². The summed E-state index contributed by atoms with van der Waals surface area (Å²) in [5.41, 5.74) is 5.85. The number of nitrogens with one attached hydrogen (secondary N) is 1. The van der Waals surface area contributed by atoms with E-state index in [0.29, 0.717) is 13.1 Å². The van der Waals surface area contributed by atoms with E-state index in [1.54, 1.807) is 4.90 Å². The Morgan fingerprint density at radius 2 is 2.12 bits per heavy atom. The minimum Gasteiger partial charge on any atom is -0.355 e. The van der Waals surface area contributed by atoms with E-state index in [0.717, 1.165) is 12.8 Å². The molecule has 1 saturated heterocycles. The Balaban J connectivity index is 2.69. The Hall–Kier alpha value is -1.10. The lowest BCUT2D eigenvalue weighted by Gasteiger charge is -2.27. The maximum atomic E-state index is 12.1. The average Bonchev–Trinajstić information content (AvgIpc) is 2.76. The van der Waals surface area contributed by atoms with Crippen LogP contribution in [0.1, 0.15) is 33.6 Å². The van der Waals surface area contributed by atoms with Crippen molar-refractivity contribution in [2.75, 3.05) is 13.1 Å². The van der Waals surface area contributed by atoms with Gasteiger partial charge in [0.1, 0.15) is 6.04 Å². The highest BCUT2D eigenvalue weighted by molar-refractivity contribution is 5.90. The van der Waals surface area contributed by atoms with Crippen LogP contribution in [0.2, 0.25) is 0 Å². The van der Waals surface area contributed by atoms with Gasteiger partial charge in [-0.1, -0.05) is 13.8 Å². The molecule has 0 aliphatic carbocycles. The summed E-state index contributed by atoms with van der Waals surface area (Å²) < 4.78 is 0. The monoisotopic (exact) mass is 241 g/mol. The molecule has 2 atom stereocenters. The molecular weight excluding hydrogens is 218 g/mol. The quantitative estimate of drug-likeness (QED) is 0.733. The standard InChI is InChI=1S/C12H23N3O2/c1-4-14-11(16)9-6-5-7-15(9)12(17)10(13)8(2)3/h8-10H,4-7,13H2,1-3H3,(H,14,16)/t9-,10?/m0/s1. The highest BCUT2D eigenvalue weighted by atomic mass is 16.2. The smallest absolute Gasteiger partial charge is 0.242 e. The number of hydrogen-bond donors (Lipinski definition) is 2. The van der Waals surface area contributed by atoms with E-state index < -0.39 is 6.04 Å². The van der Waals surface area contributed by atoms with Gasteiger partial charge in [0.15, 0.2) is 0 Å². The summed E-state index contributed by atoms with van der Waals surface area (Å²) in [6.45, 7) is 6.94. The van der Waals surface area contributed by atoms with E-state index in [4.69, 9.17) is 5.73 Å². The molecule has 0 spiro atoms. The zero-order valence-corrected chi connectivity index (χ0v) is 10.9. The van der Waals surface area contributed by atoms with Crippen LogP contribution in [0.3, 0.4) is 0 Å². The van der Waals surface area contributed by atoms with Gasteiger partial charge >= 0.3 is 0 Å². The molecule has 1 heterocycles. The summed E-state index contributed by atoms with van der Waals surface area (Å²) in [6.07, 6.45) is 1.61. The van der Waals surface area contributed by atoms with Crippen LogP contribution in [-0.2, 0) is 9.59 Å². The molecule has 0 bridgehead atoms. The first-order valence-corrected chi connectivity index (χ1v) is 6.32. The fraction of sp³-hybridized carbons (Fsp3) is 0.833. The molecular formula is C12H23N3O2. The predicted octanol–water partition coefficient (Wildman–Crippen LogP) is 0.0968. The molecule has 3 N–H and O–H groups in total. The summed E-state index contributed by atoms with van der Waals surface area (Å²) in [5, 5.41) is 2.77. The Morgan fingerprint density at radius 1 is 1.47 bits per heavy atom. The second-order valence-corrected chi connectivity index (χ2v) is 4.85. The Bertz CT molecular complexity index is 291. The normalized spacial score (nSPS) is 21.7. The molecule has 1 unspecified atom stereocenters. The zero-order valence-electron chi connectivity index (χ0n) is 10.9. The number of likely N-dealkylation sites (N-methyl/N-ethyl adjacent to an activating group) is 1. The summed E-state index contributed by atoms with van der Waals surface area (Å²) >= 11 is 0. The van der Waals surface area contributed by atoms with Crippen molar-refractivity contribution in [3.63, 3.8) is 0 Å². The van der Waals surface area contributed by atoms with Crippen molar-refractivity contribution in [3.05, 3.63) is 0 Å². The van der Waals surface area contributed by atoms with Crippen molar-refractivity contribution in [3.8, 4) is 0 Å². The topological polar surface area (TPSA) is 75.4 Å². The lowest BCUT2D eigenvalue weighted by molar-refractivity contribution is -0.140. The number of nitrogens with two attached hydrogens (primary N) is 1. The van der Waals surface area contributed by atoms with Crippen molar-refractivity contribution >= 4 is 11.8 Å². The first kappa shape index (κ1) is 14.0. The SMILES string of the molecule is CCNC(=O)[C@@H]1CCCN1C(=O)C(N)C(C)C. The number of amides is 2. The van der Waals surface area contributed by atoms with Gasteiger partial charge in [-0.15, -0.1) is 0 Å². The summed E-state index contributed by atoms with van der Waals surface area (Å²) in [5.74, 6) is -0.0685. The van der Waals surface area contributed by atoms with Gasteiger partial charge in [-0.25, -0.2) is 0 Å². The fourth-order valence-corrected chi connectivity index (χ4v) is 2.07. The van der Waals surface area contributed by atoms with E-state index in [2.05, 4.69) is 5.32 Å². The van der Waals surface area contributed by atoms with E-state index in [9.17, 15) is 9.59 Å². The summed E-state index contributed by atoms with van der Waals surface area (Å²) in [6, 6.07) is -0.836. The van der Waals surface area contributed by atoms with Crippen LogP contribution in [0.5, 0.6) is 0 Å². The molecule has 1 rings (SSSR count). The van der Waals surface area contributed by atoms with Gasteiger partial charge in [0.25, 0.3) is 0 Å². The lowest BCUT2D eigenvalue weighted by Crippen LogP contribution is -2.52. The van der Waals surface area contributed by atoms with Crippen LogP contribution >= 0.6 is 0 Å². The summed E-state index contributed by atoms with van der Waals surface area (Å²) in [4.78, 5) is 25.6. The average molecular weight is 241 g/mol. The van der Waals surface area contributed by atoms with Crippen LogP contribution in [0, 0.1) is 5.92 Å². The third-order valence-corrected chi connectivity index (χ3v) is 3.19. The molecule has 17 heavy (non-hydrogen) atoms. The van der Waals surface area contributed by atoms with Gasteiger partial charge in [-0.3, -0.25) is 9.59 Å². The molecule has 1 aliphatic rings. The maximum absolute atomic E-state index is 12.1. The largest absolute Gasteiger partial charge is 0.355 e. The molecule has 0 aromatic rings. The molecule has 0 aromatic carbocycles. The first-order valence-electron chi connectivity index (χ1n) is 6.32. The molecule has 0 radical (unpaired) electrons. The van der Waals surface area contributed by atoms with Gasteiger partial charge in [0.2, 0.25) is 11.8 Å². The molecule has 1 aliphatic heterocycles. The Labute approximate surface area is 103 Å². The maximum Gasteiger partial charge on any atom is 0.242 e. The highest BCUT2D eigenvalue weighted by Crippen LogP contribution is 2.19. The number of carbonyl (C=O) groups excluding carboxylic acids is 2. The lowest BCUT2D eigenvalue weighted by atomic mass is 10.0. The van der Waals surface area contributed by atoms with Crippen molar-refractivity contribution in [1.29, 1.82) is 0 Å². The van der Waals surface area contributed by atoms with E-state index in [1.807, 2.05) is 20.8 Å². The van der Waals surface area contributed by atoms with Gasteiger partial charge in [-0.2, -0.15) is 0 Å². The van der Waals surface area contributed by atoms with Gasteiger partial charge < -0.3 is 16.0 Å². The summed E-state index contributed by atoms with van der Waals surface area (Å²) in [7, 11) is 0.